The number of anilines is 1. The first kappa shape index (κ1) is 13.8. The summed E-state index contributed by atoms with van der Waals surface area (Å²) in [6.07, 6.45) is 5.35. The lowest BCUT2D eigenvalue weighted by molar-refractivity contribution is 0.0748. The Morgan fingerprint density at radius 1 is 1.00 bits per heavy atom. The fourth-order valence-corrected chi connectivity index (χ4v) is 3.00. The topological polar surface area (TPSA) is 65.1 Å². The van der Waals surface area contributed by atoms with Gasteiger partial charge in [0, 0.05) is 50.2 Å². The van der Waals surface area contributed by atoms with Crippen LogP contribution in [0.5, 0.6) is 0 Å². The summed E-state index contributed by atoms with van der Waals surface area (Å²) in [4.78, 5) is 28.5. The van der Waals surface area contributed by atoms with Crippen molar-refractivity contribution in [3.05, 3.63) is 54.5 Å². The maximum absolute atomic E-state index is 12.8. The van der Waals surface area contributed by atoms with Gasteiger partial charge in [0.1, 0.15) is 0 Å². The number of hydrogen-bond donors (Lipinski definition) is 1. The largest absolute Gasteiger partial charge is 0.361 e. The molecule has 23 heavy (non-hydrogen) atoms. The molecule has 1 N–H and O–H groups in total. The Labute approximate surface area is 133 Å². The number of benzene rings is 1. The number of fused-ring (bicyclic) bond motifs is 1. The first-order valence-electron chi connectivity index (χ1n) is 7.70. The lowest BCUT2D eigenvalue weighted by Gasteiger charge is -2.34. The fraction of sp³-hybridized carbons (Fsp3) is 0.235. The zero-order valence-electron chi connectivity index (χ0n) is 12.6. The maximum atomic E-state index is 12.8. The van der Waals surface area contributed by atoms with Gasteiger partial charge in [0.25, 0.3) is 5.91 Å². The summed E-state index contributed by atoms with van der Waals surface area (Å²) in [5.74, 6) is 0.803. The van der Waals surface area contributed by atoms with Gasteiger partial charge in [-0.1, -0.05) is 12.1 Å². The van der Waals surface area contributed by atoms with E-state index >= 15 is 0 Å². The Kier molecular flexibility index (Phi) is 3.42. The summed E-state index contributed by atoms with van der Waals surface area (Å²) in [6.45, 7) is 2.84. The zero-order valence-corrected chi connectivity index (χ0v) is 12.6. The van der Waals surface area contributed by atoms with Crippen LogP contribution in [0.1, 0.15) is 10.4 Å². The van der Waals surface area contributed by atoms with Crippen molar-refractivity contribution in [1.82, 2.24) is 19.9 Å². The number of amides is 1. The molecule has 3 heterocycles. The standard InChI is InChI=1S/C17H17N5O/c23-16(14-4-1-3-13-5-8-18-15(13)14)21-9-11-22(12-10-21)17-19-6-2-7-20-17/h1-8,18H,9-12H2. The average Bonchev–Trinajstić information content (AvgIpc) is 3.11. The molecule has 1 amide bonds. The summed E-state index contributed by atoms with van der Waals surface area (Å²) in [5.41, 5.74) is 1.64. The number of piperazine rings is 1. The van der Waals surface area contributed by atoms with Gasteiger partial charge >= 0.3 is 0 Å². The molecule has 116 valence electrons. The van der Waals surface area contributed by atoms with E-state index in [-0.39, 0.29) is 5.91 Å². The lowest BCUT2D eigenvalue weighted by Crippen LogP contribution is -2.49. The van der Waals surface area contributed by atoms with Gasteiger partial charge in [0.2, 0.25) is 5.95 Å². The molecule has 0 unspecified atom stereocenters. The molecule has 0 bridgehead atoms. The van der Waals surface area contributed by atoms with Crippen LogP contribution < -0.4 is 4.90 Å². The van der Waals surface area contributed by atoms with Crippen LogP contribution >= 0.6 is 0 Å². The van der Waals surface area contributed by atoms with Gasteiger partial charge in [-0.05, 0) is 18.2 Å². The third kappa shape index (κ3) is 2.52. The molecule has 6 nitrogen and oxygen atoms in total. The van der Waals surface area contributed by atoms with Gasteiger partial charge in [0.15, 0.2) is 0 Å². The van der Waals surface area contributed by atoms with Crippen molar-refractivity contribution in [2.75, 3.05) is 31.1 Å². The molecule has 0 saturated carbocycles. The fourth-order valence-electron chi connectivity index (χ4n) is 3.00. The zero-order chi connectivity index (χ0) is 15.6. The molecule has 0 radical (unpaired) electrons. The number of rotatable bonds is 2. The van der Waals surface area contributed by atoms with Crippen LogP contribution in [0, 0.1) is 0 Å². The summed E-state index contributed by atoms with van der Waals surface area (Å²) >= 11 is 0. The Hall–Kier alpha value is -2.89. The second-order valence-corrected chi connectivity index (χ2v) is 5.58. The van der Waals surface area contributed by atoms with Gasteiger partial charge < -0.3 is 14.8 Å². The Balaban J connectivity index is 1.50. The highest BCUT2D eigenvalue weighted by Gasteiger charge is 2.24. The predicted octanol–water partition coefficient (Wildman–Crippen LogP) is 1.92. The van der Waals surface area contributed by atoms with Crippen LogP contribution in [0.25, 0.3) is 10.9 Å². The highest BCUT2D eigenvalue weighted by molar-refractivity contribution is 6.05. The molecule has 1 aliphatic rings. The normalized spacial score (nSPS) is 15.1. The van der Waals surface area contributed by atoms with Crippen molar-refractivity contribution >= 4 is 22.8 Å². The van der Waals surface area contributed by atoms with E-state index in [0.29, 0.717) is 13.1 Å². The number of carbonyl (C=O) groups is 1. The lowest BCUT2D eigenvalue weighted by atomic mass is 10.1. The molecule has 3 aromatic rings. The van der Waals surface area contributed by atoms with Gasteiger partial charge in [-0.3, -0.25) is 4.79 Å². The number of nitrogens with one attached hydrogen (secondary N) is 1. The Morgan fingerprint density at radius 2 is 1.78 bits per heavy atom. The first-order valence-corrected chi connectivity index (χ1v) is 7.70. The van der Waals surface area contributed by atoms with E-state index in [9.17, 15) is 4.79 Å². The van der Waals surface area contributed by atoms with E-state index in [1.54, 1.807) is 18.5 Å². The Bertz CT molecular complexity index is 821. The van der Waals surface area contributed by atoms with Crippen LogP contribution in [-0.2, 0) is 0 Å². The minimum atomic E-state index is 0.0756. The van der Waals surface area contributed by atoms with Gasteiger partial charge in [0.05, 0.1) is 11.1 Å². The van der Waals surface area contributed by atoms with E-state index in [1.165, 1.54) is 0 Å². The van der Waals surface area contributed by atoms with Crippen molar-refractivity contribution in [2.24, 2.45) is 0 Å². The molecule has 1 fully saturated rings. The summed E-state index contributed by atoms with van der Waals surface area (Å²) in [5, 5.41) is 1.06. The molecule has 1 aliphatic heterocycles. The first-order chi connectivity index (χ1) is 11.3. The third-order valence-corrected chi connectivity index (χ3v) is 4.22. The van der Waals surface area contributed by atoms with Crippen molar-refractivity contribution < 1.29 is 4.79 Å². The minimum Gasteiger partial charge on any atom is -0.361 e. The number of nitrogens with zero attached hydrogens (tertiary/aromatic N) is 4. The minimum absolute atomic E-state index is 0.0756. The van der Waals surface area contributed by atoms with E-state index in [0.717, 1.165) is 35.5 Å². The maximum Gasteiger partial charge on any atom is 0.256 e. The van der Waals surface area contributed by atoms with Crippen LogP contribution in [0.3, 0.4) is 0 Å². The molecule has 4 rings (SSSR count). The van der Waals surface area contributed by atoms with E-state index in [2.05, 4.69) is 19.9 Å². The highest BCUT2D eigenvalue weighted by atomic mass is 16.2. The molecule has 0 atom stereocenters. The van der Waals surface area contributed by atoms with Gasteiger partial charge in [-0.2, -0.15) is 0 Å². The molecule has 1 saturated heterocycles. The second kappa shape index (κ2) is 5.72. The number of carbonyl (C=O) groups excluding carboxylic acids is 1. The second-order valence-electron chi connectivity index (χ2n) is 5.58. The number of hydrogen-bond acceptors (Lipinski definition) is 4. The molecule has 0 spiro atoms. The van der Waals surface area contributed by atoms with Crippen LogP contribution in [0.2, 0.25) is 0 Å². The van der Waals surface area contributed by atoms with Crippen molar-refractivity contribution in [1.29, 1.82) is 0 Å². The van der Waals surface area contributed by atoms with Crippen molar-refractivity contribution in [2.45, 2.75) is 0 Å². The monoisotopic (exact) mass is 307 g/mol. The van der Waals surface area contributed by atoms with E-state index in [4.69, 9.17) is 0 Å². The molecule has 2 aromatic heterocycles. The van der Waals surface area contributed by atoms with E-state index < -0.39 is 0 Å². The third-order valence-electron chi connectivity index (χ3n) is 4.22. The summed E-state index contributed by atoms with van der Waals surface area (Å²) in [7, 11) is 0. The Morgan fingerprint density at radius 3 is 2.57 bits per heavy atom. The van der Waals surface area contributed by atoms with Crippen LogP contribution in [0.15, 0.2) is 48.9 Å². The highest BCUT2D eigenvalue weighted by Crippen LogP contribution is 2.20. The summed E-state index contributed by atoms with van der Waals surface area (Å²) < 4.78 is 0. The molecule has 0 aliphatic carbocycles. The predicted molar refractivity (Wildman–Crippen MR) is 88.4 cm³/mol. The van der Waals surface area contributed by atoms with Crippen molar-refractivity contribution in [3.8, 4) is 0 Å². The smallest absolute Gasteiger partial charge is 0.256 e. The van der Waals surface area contributed by atoms with Gasteiger partial charge in [-0.25, -0.2) is 9.97 Å². The van der Waals surface area contributed by atoms with E-state index in [1.807, 2.05) is 35.4 Å². The number of para-hydroxylation sites is 1. The van der Waals surface area contributed by atoms with Crippen molar-refractivity contribution in [3.63, 3.8) is 0 Å². The average molecular weight is 307 g/mol. The van der Waals surface area contributed by atoms with Gasteiger partial charge in [-0.15, -0.1) is 0 Å². The SMILES string of the molecule is O=C(c1cccc2cc[nH]c12)N1CCN(c2ncccn2)CC1. The molecule has 1 aromatic carbocycles. The number of aromatic amines is 1. The molecule has 6 heteroatoms. The molecular formula is C17H17N5O. The number of aromatic nitrogens is 3. The van der Waals surface area contributed by atoms with Crippen LogP contribution in [0.4, 0.5) is 5.95 Å². The number of H-pyrrole nitrogens is 1. The van der Waals surface area contributed by atoms with Crippen LogP contribution in [-0.4, -0.2) is 51.9 Å². The molecular weight excluding hydrogens is 290 g/mol. The quantitative estimate of drug-likeness (QED) is 0.785. The summed E-state index contributed by atoms with van der Waals surface area (Å²) in [6, 6.07) is 9.61.